The SMILES string of the molecule is CCOC(C)CNS(=O)(=O)c1cccnc1C(N)=S. The van der Waals surface area contributed by atoms with E-state index in [1.54, 1.807) is 6.92 Å². The van der Waals surface area contributed by atoms with Crippen molar-refractivity contribution in [3.8, 4) is 0 Å². The van der Waals surface area contributed by atoms with Crippen LogP contribution in [0.15, 0.2) is 23.2 Å². The maximum Gasteiger partial charge on any atom is 0.242 e. The Hall–Kier alpha value is -1.09. The zero-order valence-corrected chi connectivity index (χ0v) is 12.4. The zero-order chi connectivity index (χ0) is 14.5. The number of rotatable bonds is 7. The van der Waals surface area contributed by atoms with Crippen molar-refractivity contribution in [1.29, 1.82) is 0 Å². The van der Waals surface area contributed by atoms with Crippen molar-refractivity contribution >= 4 is 27.2 Å². The molecule has 1 atom stereocenters. The smallest absolute Gasteiger partial charge is 0.242 e. The Morgan fingerprint density at radius 1 is 1.63 bits per heavy atom. The van der Waals surface area contributed by atoms with Gasteiger partial charge in [-0.1, -0.05) is 12.2 Å². The molecule has 8 heteroatoms. The summed E-state index contributed by atoms with van der Waals surface area (Å²) < 4.78 is 32.0. The molecular weight excluding hydrogens is 286 g/mol. The molecule has 0 aliphatic carbocycles. The van der Waals surface area contributed by atoms with E-state index in [2.05, 4.69) is 9.71 Å². The van der Waals surface area contributed by atoms with Crippen molar-refractivity contribution in [2.45, 2.75) is 24.8 Å². The Morgan fingerprint density at radius 3 is 2.89 bits per heavy atom. The van der Waals surface area contributed by atoms with Crippen LogP contribution in [0, 0.1) is 0 Å². The van der Waals surface area contributed by atoms with E-state index in [1.807, 2.05) is 6.92 Å². The first kappa shape index (κ1) is 16.0. The summed E-state index contributed by atoms with van der Waals surface area (Å²) in [6.07, 6.45) is 1.22. The van der Waals surface area contributed by atoms with Crippen LogP contribution in [0.3, 0.4) is 0 Å². The quantitative estimate of drug-likeness (QED) is 0.709. The molecule has 1 aromatic rings. The summed E-state index contributed by atoms with van der Waals surface area (Å²) in [4.78, 5) is 3.81. The van der Waals surface area contributed by atoms with Gasteiger partial charge >= 0.3 is 0 Å². The summed E-state index contributed by atoms with van der Waals surface area (Å²) >= 11 is 4.79. The normalized spacial score (nSPS) is 13.2. The predicted octanol–water partition coefficient (Wildman–Crippen LogP) is 0.419. The molecule has 0 aliphatic rings. The van der Waals surface area contributed by atoms with Crippen LogP contribution in [0.4, 0.5) is 0 Å². The van der Waals surface area contributed by atoms with Crippen LogP contribution in [0.5, 0.6) is 0 Å². The van der Waals surface area contributed by atoms with Crippen molar-refractivity contribution in [2.24, 2.45) is 5.73 Å². The fraction of sp³-hybridized carbons (Fsp3) is 0.455. The highest BCUT2D eigenvalue weighted by atomic mass is 32.2. The number of pyridine rings is 1. The zero-order valence-electron chi connectivity index (χ0n) is 10.8. The molecule has 0 saturated heterocycles. The highest BCUT2D eigenvalue weighted by Gasteiger charge is 2.21. The first-order chi connectivity index (χ1) is 8.88. The van der Waals surface area contributed by atoms with Crippen LogP contribution < -0.4 is 10.5 Å². The van der Waals surface area contributed by atoms with E-state index in [-0.39, 0.29) is 28.2 Å². The van der Waals surface area contributed by atoms with E-state index < -0.39 is 10.0 Å². The average Bonchev–Trinajstić information content (AvgIpc) is 2.37. The number of sulfonamides is 1. The van der Waals surface area contributed by atoms with Gasteiger partial charge in [-0.2, -0.15) is 0 Å². The van der Waals surface area contributed by atoms with E-state index in [9.17, 15) is 8.42 Å². The van der Waals surface area contributed by atoms with Gasteiger partial charge in [-0.3, -0.25) is 4.98 Å². The number of ether oxygens (including phenoxy) is 1. The van der Waals surface area contributed by atoms with Crippen LogP contribution in [0.25, 0.3) is 0 Å². The van der Waals surface area contributed by atoms with E-state index in [1.165, 1.54) is 18.3 Å². The summed E-state index contributed by atoms with van der Waals surface area (Å²) in [5.74, 6) is 0. The fourth-order valence-electron chi connectivity index (χ4n) is 1.44. The minimum absolute atomic E-state index is 0.0220. The molecule has 1 heterocycles. The Labute approximate surface area is 118 Å². The molecule has 19 heavy (non-hydrogen) atoms. The largest absolute Gasteiger partial charge is 0.388 e. The Balaban J connectivity index is 2.92. The predicted molar refractivity (Wildman–Crippen MR) is 76.4 cm³/mol. The second-order valence-corrected chi connectivity index (χ2v) is 6.01. The molecule has 0 aliphatic heterocycles. The van der Waals surface area contributed by atoms with E-state index >= 15 is 0 Å². The third-order valence-corrected chi connectivity index (χ3v) is 3.95. The summed E-state index contributed by atoms with van der Waals surface area (Å²) in [5, 5.41) is 0. The van der Waals surface area contributed by atoms with Crippen LogP contribution in [0.1, 0.15) is 19.5 Å². The monoisotopic (exact) mass is 303 g/mol. The summed E-state index contributed by atoms with van der Waals surface area (Å²) in [5.41, 5.74) is 5.56. The number of aromatic nitrogens is 1. The standard InChI is InChI=1S/C11H17N3O3S2/c1-3-17-8(2)7-14-19(15,16)9-5-4-6-13-10(9)11(12)18/h4-6,8,14H,3,7H2,1-2H3,(H2,12,18). The average molecular weight is 303 g/mol. The van der Waals surface area contributed by atoms with Crippen molar-refractivity contribution in [2.75, 3.05) is 13.2 Å². The minimum Gasteiger partial charge on any atom is -0.388 e. The summed E-state index contributed by atoms with van der Waals surface area (Å²) in [7, 11) is -3.71. The van der Waals surface area contributed by atoms with Gasteiger partial charge in [0.1, 0.15) is 15.6 Å². The lowest BCUT2D eigenvalue weighted by molar-refractivity contribution is 0.0799. The van der Waals surface area contributed by atoms with Crippen LogP contribution in [-0.4, -0.2) is 37.6 Å². The molecule has 0 bridgehead atoms. The highest BCUT2D eigenvalue weighted by molar-refractivity contribution is 7.89. The van der Waals surface area contributed by atoms with Crippen molar-refractivity contribution in [3.05, 3.63) is 24.0 Å². The van der Waals surface area contributed by atoms with E-state index in [0.717, 1.165) is 0 Å². The van der Waals surface area contributed by atoms with E-state index in [0.29, 0.717) is 6.61 Å². The third kappa shape index (κ3) is 4.50. The highest BCUT2D eigenvalue weighted by Crippen LogP contribution is 2.12. The summed E-state index contributed by atoms with van der Waals surface area (Å²) in [6.45, 7) is 4.32. The molecule has 0 spiro atoms. The van der Waals surface area contributed by atoms with Crippen LogP contribution >= 0.6 is 12.2 Å². The number of nitrogens with zero attached hydrogens (tertiary/aromatic N) is 1. The first-order valence-electron chi connectivity index (χ1n) is 5.74. The molecule has 1 rings (SSSR count). The molecule has 106 valence electrons. The van der Waals surface area contributed by atoms with Gasteiger partial charge in [0.2, 0.25) is 10.0 Å². The molecule has 0 aromatic carbocycles. The van der Waals surface area contributed by atoms with Gasteiger partial charge in [0, 0.05) is 19.3 Å². The second kappa shape index (κ2) is 6.90. The van der Waals surface area contributed by atoms with Crippen LogP contribution in [-0.2, 0) is 14.8 Å². The molecule has 0 fully saturated rings. The van der Waals surface area contributed by atoms with Crippen molar-refractivity contribution in [3.63, 3.8) is 0 Å². The lowest BCUT2D eigenvalue weighted by atomic mass is 10.3. The maximum atomic E-state index is 12.1. The molecule has 0 saturated carbocycles. The molecule has 3 N–H and O–H groups in total. The number of nitrogens with one attached hydrogen (secondary N) is 1. The van der Waals surface area contributed by atoms with Crippen molar-refractivity contribution in [1.82, 2.24) is 9.71 Å². The molecule has 6 nitrogen and oxygen atoms in total. The molecule has 1 aromatic heterocycles. The minimum atomic E-state index is -3.71. The lowest BCUT2D eigenvalue weighted by Crippen LogP contribution is -2.33. The number of thiocarbonyl (C=S) groups is 1. The number of hydrogen-bond donors (Lipinski definition) is 2. The molecule has 0 amide bonds. The Bertz CT molecular complexity index is 546. The van der Waals surface area contributed by atoms with Crippen molar-refractivity contribution < 1.29 is 13.2 Å². The number of hydrogen-bond acceptors (Lipinski definition) is 5. The van der Waals surface area contributed by atoms with Gasteiger partial charge in [0.25, 0.3) is 0 Å². The Kier molecular flexibility index (Phi) is 5.80. The lowest BCUT2D eigenvalue weighted by Gasteiger charge is -2.14. The van der Waals surface area contributed by atoms with E-state index in [4.69, 9.17) is 22.7 Å². The topological polar surface area (TPSA) is 94.3 Å². The van der Waals surface area contributed by atoms with Gasteiger partial charge in [-0.15, -0.1) is 0 Å². The third-order valence-electron chi connectivity index (χ3n) is 2.31. The van der Waals surface area contributed by atoms with Gasteiger partial charge in [-0.25, -0.2) is 13.1 Å². The van der Waals surface area contributed by atoms with Gasteiger partial charge in [0.05, 0.1) is 6.10 Å². The maximum absolute atomic E-state index is 12.1. The van der Waals surface area contributed by atoms with Gasteiger partial charge < -0.3 is 10.5 Å². The Morgan fingerprint density at radius 2 is 2.32 bits per heavy atom. The molecular formula is C11H17N3O3S2. The summed E-state index contributed by atoms with van der Waals surface area (Å²) in [6, 6.07) is 2.93. The molecule has 0 radical (unpaired) electrons. The fourth-order valence-corrected chi connectivity index (χ4v) is 2.95. The molecule has 1 unspecified atom stereocenters. The van der Waals surface area contributed by atoms with Gasteiger partial charge in [-0.05, 0) is 26.0 Å². The van der Waals surface area contributed by atoms with Gasteiger partial charge in [0.15, 0.2) is 0 Å². The van der Waals surface area contributed by atoms with Crippen LogP contribution in [0.2, 0.25) is 0 Å². The second-order valence-electron chi connectivity index (χ2n) is 3.83. The first-order valence-corrected chi connectivity index (χ1v) is 7.63. The number of nitrogens with two attached hydrogens (primary N) is 1.